The summed E-state index contributed by atoms with van der Waals surface area (Å²) in [7, 11) is -2.74. The van der Waals surface area contributed by atoms with Gasteiger partial charge in [-0.05, 0) is 31.4 Å². The molecule has 2 aliphatic rings. The normalized spacial score (nSPS) is 30.0. The van der Waals surface area contributed by atoms with Crippen molar-refractivity contribution in [2.24, 2.45) is 0 Å². The second-order valence-corrected chi connectivity index (χ2v) is 8.95. The van der Waals surface area contributed by atoms with Gasteiger partial charge in [0.1, 0.15) is 18.0 Å². The molecule has 1 aromatic carbocycles. The summed E-state index contributed by atoms with van der Waals surface area (Å²) in [4.78, 5) is 12.6. The Labute approximate surface area is 158 Å². The monoisotopic (exact) mass is 394 g/mol. The first-order chi connectivity index (χ1) is 12.5. The molecule has 1 heterocycles. The molecule has 0 radical (unpaired) electrons. The molecule has 5 nitrogen and oxygen atoms in total. The molecule has 0 saturated heterocycles. The van der Waals surface area contributed by atoms with Gasteiger partial charge in [0.2, 0.25) is 0 Å². The van der Waals surface area contributed by atoms with Gasteiger partial charge in [-0.3, -0.25) is 9.00 Å². The van der Waals surface area contributed by atoms with Crippen LogP contribution in [0.2, 0.25) is 0 Å². The second-order valence-electron chi connectivity index (χ2n) is 6.26. The van der Waals surface area contributed by atoms with Gasteiger partial charge < -0.3 is 9.47 Å². The molecule has 4 atom stereocenters. The quantitative estimate of drug-likeness (QED) is 0.582. The number of rotatable bonds is 3. The summed E-state index contributed by atoms with van der Waals surface area (Å²) >= 11 is 0. The summed E-state index contributed by atoms with van der Waals surface area (Å²) in [6.07, 6.45) is 6.46. The van der Waals surface area contributed by atoms with Crippen molar-refractivity contribution in [3.63, 3.8) is 0 Å². The molecule has 1 aliphatic carbocycles. The van der Waals surface area contributed by atoms with E-state index in [0.29, 0.717) is 28.4 Å². The second kappa shape index (κ2) is 8.77. The lowest BCUT2D eigenvalue weighted by atomic mass is 10.0. The molecule has 0 bridgehead atoms. The summed E-state index contributed by atoms with van der Waals surface area (Å²) in [6.45, 7) is 1.38. The summed E-state index contributed by atoms with van der Waals surface area (Å²) < 4.78 is 36.8. The van der Waals surface area contributed by atoms with Crippen LogP contribution >= 0.6 is 0 Å². The number of esters is 1. The minimum atomic E-state index is -1.42. The maximum atomic E-state index is 12.6. The minimum Gasteiger partial charge on any atom is -0.489 e. The first-order valence-corrected chi connectivity index (χ1v) is 11.2. The van der Waals surface area contributed by atoms with E-state index in [4.69, 9.17) is 9.47 Å². The molecule has 0 saturated carbocycles. The number of hydrogen-bond donors (Lipinski definition) is 0. The Kier molecular flexibility index (Phi) is 6.43. The third-order valence-electron chi connectivity index (χ3n) is 4.25. The Bertz CT molecular complexity index is 784. The maximum Gasteiger partial charge on any atom is 0.303 e. The van der Waals surface area contributed by atoms with Crippen molar-refractivity contribution in [2.75, 3.05) is 5.75 Å². The molecular formula is C19H22O5S2. The molecule has 0 N–H and O–H groups in total. The van der Waals surface area contributed by atoms with Crippen LogP contribution in [0, 0.1) is 0 Å². The van der Waals surface area contributed by atoms with Crippen molar-refractivity contribution < 1.29 is 22.7 Å². The van der Waals surface area contributed by atoms with Gasteiger partial charge in [0.05, 0.1) is 37.1 Å². The van der Waals surface area contributed by atoms with Gasteiger partial charge in [0, 0.05) is 18.8 Å². The van der Waals surface area contributed by atoms with Crippen molar-refractivity contribution in [3.05, 3.63) is 47.6 Å². The fraction of sp³-hybridized carbons (Fsp3) is 0.421. The van der Waals surface area contributed by atoms with E-state index in [1.165, 1.54) is 12.3 Å². The van der Waals surface area contributed by atoms with Crippen molar-refractivity contribution in [1.82, 2.24) is 0 Å². The number of ether oxygens (including phenoxy) is 2. The van der Waals surface area contributed by atoms with Gasteiger partial charge in [-0.15, -0.1) is 0 Å². The fourth-order valence-electron chi connectivity index (χ4n) is 3.08. The molecule has 0 aromatic heterocycles. The highest BCUT2D eigenvalue weighted by molar-refractivity contribution is 7.90. The predicted molar refractivity (Wildman–Crippen MR) is 100 cm³/mol. The number of benzene rings is 1. The zero-order valence-electron chi connectivity index (χ0n) is 14.6. The topological polar surface area (TPSA) is 69.7 Å². The van der Waals surface area contributed by atoms with E-state index in [2.05, 4.69) is 6.08 Å². The van der Waals surface area contributed by atoms with Crippen molar-refractivity contribution in [1.29, 1.82) is 0 Å². The van der Waals surface area contributed by atoms with Crippen molar-refractivity contribution in [2.45, 2.75) is 54.6 Å². The SMILES string of the molecule is CC(=O)O[C@H]1C/C=C\CCC[C@H]1OC1=CS(=O)c2ccccc2S(=O)C1. The third-order valence-corrected chi connectivity index (χ3v) is 7.04. The summed E-state index contributed by atoms with van der Waals surface area (Å²) in [5.74, 6) is 0.249. The molecule has 140 valence electrons. The van der Waals surface area contributed by atoms with Crippen LogP contribution in [-0.2, 0) is 35.9 Å². The van der Waals surface area contributed by atoms with Crippen LogP contribution in [0.15, 0.2) is 57.4 Å². The van der Waals surface area contributed by atoms with Crippen LogP contribution in [0.5, 0.6) is 0 Å². The largest absolute Gasteiger partial charge is 0.489 e. The van der Waals surface area contributed by atoms with E-state index in [1.807, 2.05) is 6.08 Å². The van der Waals surface area contributed by atoms with Crippen LogP contribution < -0.4 is 0 Å². The first kappa shape index (κ1) is 19.0. The lowest BCUT2D eigenvalue weighted by molar-refractivity contribution is -0.153. The molecular weight excluding hydrogens is 372 g/mol. The van der Waals surface area contributed by atoms with Crippen molar-refractivity contribution >= 4 is 27.6 Å². The Hall–Kier alpha value is -1.73. The van der Waals surface area contributed by atoms with E-state index in [0.717, 1.165) is 12.8 Å². The fourth-order valence-corrected chi connectivity index (χ4v) is 5.78. The lowest BCUT2D eigenvalue weighted by Crippen LogP contribution is -2.33. The maximum absolute atomic E-state index is 12.6. The van der Waals surface area contributed by atoms with Crippen LogP contribution in [0.4, 0.5) is 0 Å². The number of allylic oxidation sites excluding steroid dienone is 1. The predicted octanol–water partition coefficient (Wildman–Crippen LogP) is 3.20. The number of hydrogen-bond acceptors (Lipinski definition) is 5. The number of carbonyl (C=O) groups excluding carboxylic acids is 1. The standard InChI is InChI=1S/C19H22O5S2/c1-14(20)23-16-8-4-2-3-5-9-17(16)24-15-12-25(21)18-10-6-7-11-19(18)26(22)13-15/h2,4,6-7,10-12,16-17H,3,5,8-9,13H2,1H3/b4-2-/t16-,17+,25?,26?/m0/s1. The Balaban J connectivity index is 1.82. The molecule has 1 aromatic rings. The van der Waals surface area contributed by atoms with E-state index < -0.39 is 27.7 Å². The molecule has 0 spiro atoms. The Morgan fingerprint density at radius 2 is 1.88 bits per heavy atom. The highest BCUT2D eigenvalue weighted by Gasteiger charge is 2.29. The summed E-state index contributed by atoms with van der Waals surface area (Å²) in [6, 6.07) is 7.04. The zero-order valence-corrected chi connectivity index (χ0v) is 16.2. The van der Waals surface area contributed by atoms with Gasteiger partial charge >= 0.3 is 5.97 Å². The van der Waals surface area contributed by atoms with E-state index in [-0.39, 0.29) is 17.8 Å². The molecule has 7 heteroatoms. The number of fused-ring (bicyclic) bond motifs is 1. The highest BCUT2D eigenvalue weighted by atomic mass is 32.2. The molecule has 0 amide bonds. The third kappa shape index (κ3) is 4.71. The molecule has 1 aliphatic heterocycles. The zero-order chi connectivity index (χ0) is 18.5. The summed E-state index contributed by atoms with van der Waals surface area (Å²) in [5, 5.41) is 1.53. The smallest absolute Gasteiger partial charge is 0.303 e. The lowest BCUT2D eigenvalue weighted by Gasteiger charge is -2.28. The van der Waals surface area contributed by atoms with Gasteiger partial charge in [0.25, 0.3) is 0 Å². The average molecular weight is 395 g/mol. The molecule has 26 heavy (non-hydrogen) atoms. The summed E-state index contributed by atoms with van der Waals surface area (Å²) in [5.41, 5.74) is 0. The van der Waals surface area contributed by atoms with E-state index in [1.54, 1.807) is 24.3 Å². The van der Waals surface area contributed by atoms with Crippen LogP contribution in [-0.4, -0.2) is 32.3 Å². The molecule has 3 rings (SSSR count). The van der Waals surface area contributed by atoms with Crippen LogP contribution in [0.25, 0.3) is 0 Å². The van der Waals surface area contributed by atoms with Gasteiger partial charge in [-0.1, -0.05) is 24.3 Å². The highest BCUT2D eigenvalue weighted by Crippen LogP contribution is 2.28. The molecule has 0 fully saturated rings. The van der Waals surface area contributed by atoms with Gasteiger partial charge in [-0.25, -0.2) is 4.21 Å². The minimum absolute atomic E-state index is 0.169. The van der Waals surface area contributed by atoms with Gasteiger partial charge in [0.15, 0.2) is 0 Å². The Morgan fingerprint density at radius 3 is 2.65 bits per heavy atom. The average Bonchev–Trinajstić information content (AvgIpc) is 2.71. The van der Waals surface area contributed by atoms with E-state index >= 15 is 0 Å². The van der Waals surface area contributed by atoms with Gasteiger partial charge in [-0.2, -0.15) is 0 Å². The van der Waals surface area contributed by atoms with Crippen LogP contribution in [0.1, 0.15) is 32.6 Å². The number of carbonyl (C=O) groups is 1. The van der Waals surface area contributed by atoms with E-state index in [9.17, 15) is 13.2 Å². The molecule has 2 unspecified atom stereocenters. The van der Waals surface area contributed by atoms with Crippen LogP contribution in [0.3, 0.4) is 0 Å². The Morgan fingerprint density at radius 1 is 1.12 bits per heavy atom. The first-order valence-electron chi connectivity index (χ1n) is 8.62. The van der Waals surface area contributed by atoms with Crippen molar-refractivity contribution in [3.8, 4) is 0 Å².